The molecule has 6 heteroatoms. The number of hydrogen-bond acceptors (Lipinski definition) is 5. The van der Waals surface area contributed by atoms with Crippen LogP contribution in [0.4, 0.5) is 0 Å². The van der Waals surface area contributed by atoms with Gasteiger partial charge in [-0.2, -0.15) is 8.75 Å². The van der Waals surface area contributed by atoms with E-state index in [1.165, 1.54) is 91.3 Å². The zero-order valence-electron chi connectivity index (χ0n) is 18.7. The minimum absolute atomic E-state index is 0.765. The fraction of sp³-hybridized carbons (Fsp3) is 0.462. The summed E-state index contributed by atoms with van der Waals surface area (Å²) in [5, 5.41) is 5.14. The van der Waals surface area contributed by atoms with Crippen molar-refractivity contribution in [2.24, 2.45) is 0 Å². The van der Waals surface area contributed by atoms with Crippen molar-refractivity contribution in [3.05, 3.63) is 45.6 Å². The first-order valence-electron chi connectivity index (χ1n) is 11.8. The summed E-state index contributed by atoms with van der Waals surface area (Å²) in [4.78, 5) is 2.39. The van der Waals surface area contributed by atoms with Crippen molar-refractivity contribution in [2.45, 2.75) is 77.6 Å². The maximum Gasteiger partial charge on any atom is 0.115 e. The fourth-order valence-corrected chi connectivity index (χ4v) is 6.89. The Morgan fingerprint density at radius 2 is 1.53 bits per heavy atom. The van der Waals surface area contributed by atoms with Crippen LogP contribution < -0.4 is 0 Å². The molecule has 1 aromatic carbocycles. The van der Waals surface area contributed by atoms with Crippen LogP contribution in [0.25, 0.3) is 31.9 Å². The summed E-state index contributed by atoms with van der Waals surface area (Å²) < 4.78 is 9.22. The van der Waals surface area contributed by atoms with E-state index < -0.39 is 0 Å². The first kappa shape index (κ1) is 23.9. The molecule has 0 bridgehead atoms. The zero-order chi connectivity index (χ0) is 22.2. The second-order valence-electron chi connectivity index (χ2n) is 8.47. The Hall–Kier alpha value is -1.27. The average molecular weight is 503 g/mol. The largest absolute Gasteiger partial charge is 0.172 e. The highest BCUT2D eigenvalue weighted by Gasteiger charge is 2.19. The smallest absolute Gasteiger partial charge is 0.115 e. The predicted molar refractivity (Wildman–Crippen MR) is 145 cm³/mol. The van der Waals surface area contributed by atoms with Crippen LogP contribution in [0.5, 0.6) is 0 Å². The van der Waals surface area contributed by atoms with Crippen LogP contribution in [0.2, 0.25) is 5.02 Å². The van der Waals surface area contributed by atoms with Gasteiger partial charge in [-0.3, -0.25) is 0 Å². The van der Waals surface area contributed by atoms with E-state index in [2.05, 4.69) is 50.7 Å². The van der Waals surface area contributed by atoms with Crippen molar-refractivity contribution < 1.29 is 0 Å². The lowest BCUT2D eigenvalue weighted by molar-refractivity contribution is 0.556. The van der Waals surface area contributed by atoms with Crippen LogP contribution in [-0.4, -0.2) is 8.75 Å². The molecule has 0 aliphatic rings. The average Bonchev–Trinajstić information content (AvgIpc) is 3.56. The number of aryl methyl sites for hydroxylation is 1. The summed E-state index contributed by atoms with van der Waals surface area (Å²) in [6.45, 7) is 2.28. The van der Waals surface area contributed by atoms with Crippen molar-refractivity contribution in [2.75, 3.05) is 0 Å². The van der Waals surface area contributed by atoms with Crippen LogP contribution in [0.3, 0.4) is 0 Å². The molecule has 0 saturated carbocycles. The SMILES string of the molecule is CCCCCCCCCCCCc1csc(-c2c(Cl)cc(-c3cccs3)c3nsnc23)c1. The van der Waals surface area contributed by atoms with E-state index in [0.717, 1.165) is 33.6 Å². The van der Waals surface area contributed by atoms with E-state index >= 15 is 0 Å². The number of thiophene rings is 2. The molecular formula is C26H31ClN2S3. The van der Waals surface area contributed by atoms with Gasteiger partial charge in [0.05, 0.1) is 16.8 Å². The van der Waals surface area contributed by atoms with Crippen molar-refractivity contribution in [1.29, 1.82) is 0 Å². The molecule has 0 unspecified atom stereocenters. The first-order chi connectivity index (χ1) is 15.8. The Morgan fingerprint density at radius 3 is 2.25 bits per heavy atom. The Bertz CT molecular complexity index is 1100. The number of nitrogens with zero attached hydrogens (tertiary/aromatic N) is 2. The Balaban J connectivity index is 1.33. The number of unbranched alkanes of at least 4 members (excludes halogenated alkanes) is 9. The molecule has 0 atom stereocenters. The minimum Gasteiger partial charge on any atom is -0.172 e. The molecule has 32 heavy (non-hydrogen) atoms. The molecule has 3 aromatic heterocycles. The van der Waals surface area contributed by atoms with E-state index in [4.69, 9.17) is 11.6 Å². The summed E-state index contributed by atoms with van der Waals surface area (Å²) in [7, 11) is 0. The van der Waals surface area contributed by atoms with Crippen LogP contribution >= 0.6 is 46.0 Å². The highest BCUT2D eigenvalue weighted by molar-refractivity contribution is 7.14. The standard InChI is InChI=1S/C26H31ClN2S3/c1-2-3-4-5-6-7-8-9-10-11-13-19-16-23(31-18-19)24-21(27)17-20(22-14-12-15-30-22)25-26(24)29-32-28-25/h12,14-18H,2-11,13H2,1H3. The quantitative estimate of drug-likeness (QED) is 0.170. The van der Waals surface area contributed by atoms with Gasteiger partial charge < -0.3 is 0 Å². The zero-order valence-corrected chi connectivity index (χ0v) is 21.9. The van der Waals surface area contributed by atoms with Gasteiger partial charge in [-0.25, -0.2) is 0 Å². The number of rotatable bonds is 13. The molecule has 0 fully saturated rings. The van der Waals surface area contributed by atoms with Gasteiger partial charge in [0, 0.05) is 20.9 Å². The lowest BCUT2D eigenvalue weighted by Crippen LogP contribution is -1.86. The van der Waals surface area contributed by atoms with Gasteiger partial charge in [-0.1, -0.05) is 82.4 Å². The normalized spacial score (nSPS) is 11.6. The monoisotopic (exact) mass is 502 g/mol. The summed E-state index contributed by atoms with van der Waals surface area (Å²) in [5.74, 6) is 0. The molecule has 0 saturated heterocycles. The molecule has 0 N–H and O–H groups in total. The third kappa shape index (κ3) is 5.99. The maximum atomic E-state index is 6.79. The maximum absolute atomic E-state index is 6.79. The van der Waals surface area contributed by atoms with E-state index in [0.29, 0.717) is 0 Å². The third-order valence-corrected chi connectivity index (χ3v) is 8.72. The summed E-state index contributed by atoms with van der Waals surface area (Å²) in [6, 6.07) is 8.55. The molecule has 0 spiro atoms. The molecule has 2 nitrogen and oxygen atoms in total. The van der Waals surface area contributed by atoms with Crippen molar-refractivity contribution in [1.82, 2.24) is 8.75 Å². The number of halogens is 1. The molecule has 0 amide bonds. The van der Waals surface area contributed by atoms with Gasteiger partial charge in [-0.15, -0.1) is 22.7 Å². The van der Waals surface area contributed by atoms with Crippen LogP contribution in [0.15, 0.2) is 35.0 Å². The second kappa shape index (κ2) is 12.3. The van der Waals surface area contributed by atoms with Gasteiger partial charge in [0.15, 0.2) is 0 Å². The van der Waals surface area contributed by atoms with Gasteiger partial charge in [0.2, 0.25) is 0 Å². The molecular weight excluding hydrogens is 472 g/mol. The summed E-state index contributed by atoms with van der Waals surface area (Å²) in [5.41, 5.74) is 5.42. The van der Waals surface area contributed by atoms with E-state index in [1.54, 1.807) is 22.7 Å². The van der Waals surface area contributed by atoms with Gasteiger partial charge >= 0.3 is 0 Å². The van der Waals surface area contributed by atoms with Crippen LogP contribution in [-0.2, 0) is 6.42 Å². The molecule has 170 valence electrons. The molecule has 0 aliphatic carbocycles. The van der Waals surface area contributed by atoms with Crippen molar-refractivity contribution in [3.8, 4) is 20.9 Å². The van der Waals surface area contributed by atoms with Gasteiger partial charge in [0.1, 0.15) is 11.0 Å². The molecule has 4 rings (SSSR count). The van der Waals surface area contributed by atoms with E-state index in [9.17, 15) is 0 Å². The third-order valence-electron chi connectivity index (χ3n) is 6.00. The summed E-state index contributed by atoms with van der Waals surface area (Å²) in [6.07, 6.45) is 14.9. The van der Waals surface area contributed by atoms with Gasteiger partial charge in [0.25, 0.3) is 0 Å². The second-order valence-corrected chi connectivity index (χ2v) is 11.3. The molecule has 4 aromatic rings. The van der Waals surface area contributed by atoms with Crippen molar-refractivity contribution >= 4 is 57.0 Å². The number of benzene rings is 1. The van der Waals surface area contributed by atoms with Crippen molar-refractivity contribution in [3.63, 3.8) is 0 Å². The molecule has 0 radical (unpaired) electrons. The lowest BCUT2D eigenvalue weighted by atomic mass is 10.0. The van der Waals surface area contributed by atoms with Crippen LogP contribution in [0.1, 0.15) is 76.7 Å². The van der Waals surface area contributed by atoms with E-state index in [1.807, 2.05) is 0 Å². The van der Waals surface area contributed by atoms with E-state index in [-0.39, 0.29) is 0 Å². The topological polar surface area (TPSA) is 25.8 Å². The Kier molecular flexibility index (Phi) is 9.15. The molecule has 0 aliphatic heterocycles. The summed E-state index contributed by atoms with van der Waals surface area (Å²) >= 11 is 11.5. The number of fused-ring (bicyclic) bond motifs is 1. The first-order valence-corrected chi connectivity index (χ1v) is 14.7. The molecule has 3 heterocycles. The predicted octanol–water partition coefficient (Wildman–Crippen LogP) is 10.3. The minimum atomic E-state index is 0.765. The highest BCUT2D eigenvalue weighted by Crippen LogP contribution is 2.43. The number of aromatic nitrogens is 2. The Labute approximate surface area is 209 Å². The Morgan fingerprint density at radius 1 is 0.812 bits per heavy atom. The lowest BCUT2D eigenvalue weighted by Gasteiger charge is -2.06. The highest BCUT2D eigenvalue weighted by atomic mass is 35.5. The van der Waals surface area contributed by atoms with Crippen LogP contribution in [0, 0.1) is 0 Å². The fourth-order valence-electron chi connectivity index (χ4n) is 4.22. The number of hydrogen-bond donors (Lipinski definition) is 0. The van der Waals surface area contributed by atoms with Gasteiger partial charge in [-0.05, 0) is 47.4 Å².